The van der Waals surface area contributed by atoms with Gasteiger partial charge in [0.05, 0.1) is 0 Å². The van der Waals surface area contributed by atoms with Crippen LogP contribution in [0.3, 0.4) is 0 Å². The van der Waals surface area contributed by atoms with Gasteiger partial charge >= 0.3 is 6.18 Å². The lowest BCUT2D eigenvalue weighted by Gasteiger charge is -2.17. The Morgan fingerprint density at radius 1 is 1.15 bits per heavy atom. The average Bonchev–Trinajstić information content (AvgIpc) is 2.26. The fourth-order valence-corrected chi connectivity index (χ4v) is 1.16. The number of rotatable bonds is 4. The second-order valence-corrected chi connectivity index (χ2v) is 4.64. The molecule has 1 rings (SSSR count). The fraction of sp³-hybridized carbons (Fsp3) is 0.600. The minimum Gasteiger partial charge on any atom is -0.343 e. The Morgan fingerprint density at radius 2 is 1.70 bits per heavy atom. The van der Waals surface area contributed by atoms with Crippen molar-refractivity contribution < 1.29 is 18.0 Å². The standard InChI is InChI=1S/C10H13ClF3N5O/c1-4(2)6(20)16-9-18-7(11)17-8(19-9)15-5(3)10(12,13)14/h4-5H,1-3H3,(H2,15,16,17,18,19,20)/t5-/m1/s1. The third kappa shape index (κ3) is 4.80. The molecule has 0 aliphatic rings. The quantitative estimate of drug-likeness (QED) is 0.893. The van der Waals surface area contributed by atoms with Crippen molar-refractivity contribution in [3.05, 3.63) is 5.28 Å². The summed E-state index contributed by atoms with van der Waals surface area (Å²) in [6, 6.07) is -1.87. The molecule has 1 atom stereocenters. The van der Waals surface area contributed by atoms with E-state index in [2.05, 4.69) is 20.3 Å². The highest BCUT2D eigenvalue weighted by Gasteiger charge is 2.36. The van der Waals surface area contributed by atoms with Gasteiger partial charge in [-0.3, -0.25) is 10.1 Å². The number of halogens is 4. The van der Waals surface area contributed by atoms with Crippen molar-refractivity contribution in [1.82, 2.24) is 15.0 Å². The number of nitrogens with one attached hydrogen (secondary N) is 2. The second kappa shape index (κ2) is 6.21. The molecular formula is C10H13ClF3N5O. The van der Waals surface area contributed by atoms with Crippen LogP contribution in [0.15, 0.2) is 0 Å². The van der Waals surface area contributed by atoms with E-state index in [1.165, 1.54) is 0 Å². The van der Waals surface area contributed by atoms with Crippen LogP contribution in [0.5, 0.6) is 0 Å². The van der Waals surface area contributed by atoms with Crippen LogP contribution in [0.2, 0.25) is 5.28 Å². The minimum atomic E-state index is -4.46. The first-order valence-electron chi connectivity index (χ1n) is 5.65. The number of hydrogen-bond acceptors (Lipinski definition) is 5. The maximum atomic E-state index is 12.4. The zero-order chi connectivity index (χ0) is 15.5. The van der Waals surface area contributed by atoms with Crippen molar-refractivity contribution in [2.75, 3.05) is 10.6 Å². The topological polar surface area (TPSA) is 79.8 Å². The lowest BCUT2D eigenvalue weighted by molar-refractivity contribution is -0.138. The van der Waals surface area contributed by atoms with Gasteiger partial charge in [-0.05, 0) is 18.5 Å². The maximum Gasteiger partial charge on any atom is 0.408 e. The second-order valence-electron chi connectivity index (χ2n) is 4.30. The van der Waals surface area contributed by atoms with Gasteiger partial charge in [-0.1, -0.05) is 13.8 Å². The molecule has 6 nitrogen and oxygen atoms in total. The number of aromatic nitrogens is 3. The monoisotopic (exact) mass is 311 g/mol. The van der Waals surface area contributed by atoms with Crippen LogP contribution in [0.25, 0.3) is 0 Å². The van der Waals surface area contributed by atoms with Crippen LogP contribution in [0.4, 0.5) is 25.1 Å². The van der Waals surface area contributed by atoms with Crippen molar-refractivity contribution in [2.24, 2.45) is 5.92 Å². The molecule has 0 bridgehead atoms. The zero-order valence-electron chi connectivity index (χ0n) is 10.9. The Balaban J connectivity index is 2.89. The van der Waals surface area contributed by atoms with E-state index in [4.69, 9.17) is 11.6 Å². The first-order valence-corrected chi connectivity index (χ1v) is 6.03. The van der Waals surface area contributed by atoms with Gasteiger partial charge in [-0.25, -0.2) is 0 Å². The Hall–Kier alpha value is -1.64. The van der Waals surface area contributed by atoms with E-state index >= 15 is 0 Å². The highest BCUT2D eigenvalue weighted by molar-refractivity contribution is 6.28. The summed E-state index contributed by atoms with van der Waals surface area (Å²) < 4.78 is 37.2. The molecule has 1 aromatic heterocycles. The molecule has 0 fully saturated rings. The number of amides is 1. The van der Waals surface area contributed by atoms with Gasteiger partial charge in [0.2, 0.25) is 23.1 Å². The molecule has 2 N–H and O–H groups in total. The average molecular weight is 312 g/mol. The highest BCUT2D eigenvalue weighted by Crippen LogP contribution is 2.22. The van der Waals surface area contributed by atoms with Crippen molar-refractivity contribution >= 4 is 29.4 Å². The Bertz CT molecular complexity index is 494. The van der Waals surface area contributed by atoms with Crippen LogP contribution in [0, 0.1) is 5.92 Å². The number of anilines is 2. The summed E-state index contributed by atoms with van der Waals surface area (Å²) in [5, 5.41) is 4.05. The highest BCUT2D eigenvalue weighted by atomic mass is 35.5. The Kier molecular flexibility index (Phi) is 5.09. The molecule has 0 spiro atoms. The predicted molar refractivity (Wildman–Crippen MR) is 67.4 cm³/mol. The lowest BCUT2D eigenvalue weighted by Crippen LogP contribution is -2.34. The van der Waals surface area contributed by atoms with Crippen LogP contribution in [-0.2, 0) is 4.79 Å². The summed E-state index contributed by atoms with van der Waals surface area (Å²) >= 11 is 5.58. The fourth-order valence-electron chi connectivity index (χ4n) is 1.00. The third-order valence-corrected chi connectivity index (χ3v) is 2.37. The molecule has 0 aliphatic heterocycles. The predicted octanol–water partition coefficient (Wildman–Crippen LogP) is 2.48. The van der Waals surface area contributed by atoms with Crippen molar-refractivity contribution in [2.45, 2.75) is 33.0 Å². The maximum absolute atomic E-state index is 12.4. The summed E-state index contributed by atoms with van der Waals surface area (Å²) in [4.78, 5) is 22.3. The smallest absolute Gasteiger partial charge is 0.343 e. The minimum absolute atomic E-state index is 0.208. The first-order chi connectivity index (χ1) is 9.09. The van der Waals surface area contributed by atoms with Gasteiger partial charge in [-0.15, -0.1) is 0 Å². The molecule has 1 amide bonds. The Labute approximate surface area is 118 Å². The molecule has 0 unspecified atom stereocenters. The van der Waals surface area contributed by atoms with E-state index in [-0.39, 0.29) is 29.0 Å². The number of alkyl halides is 3. The first kappa shape index (κ1) is 16.4. The number of carbonyl (C=O) groups excluding carboxylic acids is 1. The number of carbonyl (C=O) groups is 1. The molecular weight excluding hydrogens is 299 g/mol. The van der Waals surface area contributed by atoms with Crippen LogP contribution in [-0.4, -0.2) is 33.1 Å². The van der Waals surface area contributed by atoms with Gasteiger partial charge in [0.25, 0.3) is 0 Å². The molecule has 0 radical (unpaired) electrons. The summed E-state index contributed by atoms with van der Waals surface area (Å²) in [5.74, 6) is -1.30. The van der Waals surface area contributed by atoms with Gasteiger partial charge in [-0.2, -0.15) is 28.1 Å². The molecule has 1 aromatic rings. The van der Waals surface area contributed by atoms with Gasteiger partial charge < -0.3 is 5.32 Å². The van der Waals surface area contributed by atoms with Crippen LogP contribution < -0.4 is 10.6 Å². The molecule has 0 saturated heterocycles. The Morgan fingerprint density at radius 3 is 2.20 bits per heavy atom. The van der Waals surface area contributed by atoms with Gasteiger partial charge in [0.1, 0.15) is 6.04 Å². The lowest BCUT2D eigenvalue weighted by atomic mass is 10.2. The van der Waals surface area contributed by atoms with E-state index in [1.807, 2.05) is 5.32 Å². The molecule has 0 aromatic carbocycles. The summed E-state index contributed by atoms with van der Waals surface area (Å²) in [6.45, 7) is 4.19. The van der Waals surface area contributed by atoms with E-state index in [9.17, 15) is 18.0 Å². The molecule has 112 valence electrons. The van der Waals surface area contributed by atoms with Crippen LogP contribution in [0.1, 0.15) is 20.8 Å². The SMILES string of the molecule is CC(C)C(=O)Nc1nc(Cl)nc(N[C@H](C)C(F)(F)F)n1. The zero-order valence-corrected chi connectivity index (χ0v) is 11.7. The van der Waals surface area contributed by atoms with Crippen molar-refractivity contribution in [3.8, 4) is 0 Å². The molecule has 1 heterocycles. The number of nitrogens with zero attached hydrogens (tertiary/aromatic N) is 3. The molecule has 10 heteroatoms. The molecule has 0 aliphatic carbocycles. The van der Waals surface area contributed by atoms with Gasteiger partial charge in [0.15, 0.2) is 0 Å². The van der Waals surface area contributed by atoms with E-state index in [1.54, 1.807) is 13.8 Å². The third-order valence-electron chi connectivity index (χ3n) is 2.20. The number of hydrogen-bond donors (Lipinski definition) is 2. The largest absolute Gasteiger partial charge is 0.408 e. The van der Waals surface area contributed by atoms with E-state index in [0.29, 0.717) is 0 Å². The van der Waals surface area contributed by atoms with Crippen molar-refractivity contribution in [1.29, 1.82) is 0 Å². The normalized spacial score (nSPS) is 13.2. The van der Waals surface area contributed by atoms with E-state index in [0.717, 1.165) is 6.92 Å². The summed E-state index contributed by atoms with van der Waals surface area (Å²) in [7, 11) is 0. The summed E-state index contributed by atoms with van der Waals surface area (Å²) in [6.07, 6.45) is -4.46. The van der Waals surface area contributed by atoms with Gasteiger partial charge in [0, 0.05) is 5.92 Å². The summed E-state index contributed by atoms with van der Waals surface area (Å²) in [5.41, 5.74) is 0. The van der Waals surface area contributed by atoms with Crippen molar-refractivity contribution in [3.63, 3.8) is 0 Å². The molecule has 0 saturated carbocycles. The van der Waals surface area contributed by atoms with Crippen LogP contribution >= 0.6 is 11.6 Å². The molecule has 20 heavy (non-hydrogen) atoms. The van der Waals surface area contributed by atoms with E-state index < -0.39 is 12.2 Å².